The van der Waals surface area contributed by atoms with Gasteiger partial charge in [-0.05, 0) is 37.3 Å². The highest BCUT2D eigenvalue weighted by molar-refractivity contribution is 7.90. The average Bonchev–Trinajstić information content (AvgIpc) is 3.31. The highest BCUT2D eigenvalue weighted by Crippen LogP contribution is 2.28. The summed E-state index contributed by atoms with van der Waals surface area (Å²) in [5.74, 6) is -3.44. The lowest BCUT2D eigenvalue weighted by atomic mass is 10.2. The fourth-order valence-corrected chi connectivity index (χ4v) is 5.19. The Labute approximate surface area is 232 Å². The molecule has 1 atom stereocenters. The molecular formula is C28H28F2N4O5S. The fourth-order valence-electron chi connectivity index (χ4n) is 3.94. The normalized spacial score (nSPS) is 12.2. The first kappa shape index (κ1) is 29.0. The van der Waals surface area contributed by atoms with Crippen molar-refractivity contribution >= 4 is 39.9 Å². The predicted molar refractivity (Wildman–Crippen MR) is 146 cm³/mol. The molecule has 0 N–H and O–H groups in total. The highest BCUT2D eigenvalue weighted by atomic mass is 32.2. The summed E-state index contributed by atoms with van der Waals surface area (Å²) in [4.78, 5) is 35.6. The molecule has 0 spiro atoms. The summed E-state index contributed by atoms with van der Waals surface area (Å²) < 4.78 is 52.0. The van der Waals surface area contributed by atoms with Crippen molar-refractivity contribution in [3.63, 3.8) is 0 Å². The van der Waals surface area contributed by atoms with Crippen molar-refractivity contribution in [1.29, 1.82) is 0 Å². The number of ether oxygens (including phenoxy) is 2. The SMILES string of the molecule is CC(=O)OCCN(C(=O)n1c([S@+]([O-])Cc2nccc(OCC(C)(F)F)c2C)nc2ccccc21)c1ccccc1. The second-order valence-electron chi connectivity index (χ2n) is 9.06. The number of alkyl halides is 2. The number of aromatic nitrogens is 3. The lowest BCUT2D eigenvalue weighted by molar-refractivity contribution is -0.140. The Morgan fingerprint density at radius 1 is 1.10 bits per heavy atom. The van der Waals surface area contributed by atoms with Crippen molar-refractivity contribution in [3.8, 4) is 5.75 Å². The predicted octanol–water partition coefficient (Wildman–Crippen LogP) is 5.12. The number of imidazole rings is 1. The van der Waals surface area contributed by atoms with E-state index < -0.39 is 35.7 Å². The maximum absolute atomic E-state index is 14.0. The van der Waals surface area contributed by atoms with Crippen molar-refractivity contribution in [1.82, 2.24) is 14.5 Å². The molecule has 2 heterocycles. The third kappa shape index (κ3) is 6.93. The van der Waals surface area contributed by atoms with Gasteiger partial charge in [-0.3, -0.25) is 14.7 Å². The van der Waals surface area contributed by atoms with E-state index in [9.17, 15) is 22.9 Å². The minimum absolute atomic E-state index is 0.00719. The molecule has 0 bridgehead atoms. The fraction of sp³-hybridized carbons (Fsp3) is 0.286. The first-order chi connectivity index (χ1) is 19.0. The summed E-state index contributed by atoms with van der Waals surface area (Å²) in [5, 5.41) is -0.00719. The third-order valence-corrected chi connectivity index (χ3v) is 7.07. The topological polar surface area (TPSA) is 110 Å². The lowest BCUT2D eigenvalue weighted by Crippen LogP contribution is -2.38. The van der Waals surface area contributed by atoms with Crippen molar-refractivity contribution in [2.24, 2.45) is 0 Å². The van der Waals surface area contributed by atoms with Crippen molar-refractivity contribution in [2.75, 3.05) is 24.7 Å². The van der Waals surface area contributed by atoms with Gasteiger partial charge >= 0.3 is 17.2 Å². The number of pyridine rings is 1. The second kappa shape index (κ2) is 12.4. The van der Waals surface area contributed by atoms with Crippen LogP contribution in [-0.4, -0.2) is 56.8 Å². The number of hydrogen-bond donors (Lipinski definition) is 0. The van der Waals surface area contributed by atoms with Crippen LogP contribution in [0.15, 0.2) is 72.0 Å². The van der Waals surface area contributed by atoms with Crippen LogP contribution >= 0.6 is 0 Å². The maximum Gasteiger partial charge on any atom is 0.338 e. The number of halogens is 2. The molecule has 1 amide bonds. The first-order valence-corrected chi connectivity index (χ1v) is 13.7. The Morgan fingerprint density at radius 3 is 2.50 bits per heavy atom. The monoisotopic (exact) mass is 570 g/mol. The summed E-state index contributed by atoms with van der Waals surface area (Å²) in [6.07, 6.45) is 1.39. The standard InChI is InChI=1S/C28H28F2N4O5S/c1-19-23(31-14-13-25(19)39-18-28(3,29)30)17-40(37)26-32-22-11-7-8-12-24(22)34(26)27(36)33(15-16-38-20(2)35)21-9-5-4-6-10-21/h4-14H,15-18H2,1-3H3/t40-/m1/s1. The summed E-state index contributed by atoms with van der Waals surface area (Å²) in [5.41, 5.74) is 2.26. The van der Waals surface area contributed by atoms with Crippen LogP contribution in [0.3, 0.4) is 0 Å². The molecule has 0 fully saturated rings. The number of para-hydroxylation sites is 3. The molecule has 4 aromatic rings. The number of benzene rings is 2. The molecule has 2 aromatic heterocycles. The first-order valence-electron chi connectivity index (χ1n) is 12.4. The zero-order valence-corrected chi connectivity index (χ0v) is 23.0. The van der Waals surface area contributed by atoms with E-state index in [0.717, 1.165) is 6.92 Å². The molecule has 40 heavy (non-hydrogen) atoms. The largest absolute Gasteiger partial charge is 0.609 e. The Balaban J connectivity index is 1.70. The van der Waals surface area contributed by atoms with Gasteiger partial charge in [-0.15, -0.1) is 0 Å². The van der Waals surface area contributed by atoms with Gasteiger partial charge in [-0.25, -0.2) is 18.1 Å². The van der Waals surface area contributed by atoms with Gasteiger partial charge in [0.05, 0.1) is 23.3 Å². The van der Waals surface area contributed by atoms with E-state index in [1.54, 1.807) is 61.5 Å². The third-order valence-electron chi connectivity index (χ3n) is 5.85. The summed E-state index contributed by atoms with van der Waals surface area (Å²) in [6.45, 7) is 2.86. The summed E-state index contributed by atoms with van der Waals surface area (Å²) in [6, 6.07) is 16.6. The Hall–Kier alpha value is -4.03. The molecular weight excluding hydrogens is 542 g/mol. The van der Waals surface area contributed by atoms with Crippen molar-refractivity contribution in [3.05, 3.63) is 78.1 Å². The van der Waals surface area contributed by atoms with Gasteiger partial charge < -0.3 is 14.0 Å². The number of anilines is 1. The molecule has 0 radical (unpaired) electrons. The molecule has 0 aliphatic rings. The molecule has 4 rings (SSSR count). The van der Waals surface area contributed by atoms with Crippen molar-refractivity contribution in [2.45, 2.75) is 37.6 Å². The molecule has 0 unspecified atom stereocenters. The van der Waals surface area contributed by atoms with E-state index in [1.807, 2.05) is 0 Å². The van der Waals surface area contributed by atoms with E-state index in [-0.39, 0.29) is 29.8 Å². The zero-order chi connectivity index (χ0) is 28.9. The van der Waals surface area contributed by atoms with Crippen LogP contribution in [0.25, 0.3) is 11.0 Å². The second-order valence-corrected chi connectivity index (χ2v) is 10.4. The molecule has 0 aliphatic carbocycles. The number of nitrogens with zero attached hydrogens (tertiary/aromatic N) is 4. The smallest absolute Gasteiger partial charge is 0.338 e. The Bertz CT molecular complexity index is 1490. The molecule has 0 saturated heterocycles. The summed E-state index contributed by atoms with van der Waals surface area (Å²) in [7, 11) is 0. The van der Waals surface area contributed by atoms with Crippen LogP contribution in [0.2, 0.25) is 0 Å². The molecule has 9 nitrogen and oxygen atoms in total. The van der Waals surface area contributed by atoms with Crippen LogP contribution in [0, 0.1) is 6.92 Å². The Morgan fingerprint density at radius 2 is 1.80 bits per heavy atom. The van der Waals surface area contributed by atoms with Crippen LogP contribution in [0.1, 0.15) is 25.1 Å². The van der Waals surface area contributed by atoms with Gasteiger partial charge in [0.25, 0.3) is 5.92 Å². The van der Waals surface area contributed by atoms with E-state index in [0.29, 0.717) is 28.0 Å². The van der Waals surface area contributed by atoms with E-state index in [4.69, 9.17) is 9.47 Å². The Kier molecular flexibility index (Phi) is 9.00. The maximum atomic E-state index is 14.0. The van der Waals surface area contributed by atoms with Gasteiger partial charge in [0, 0.05) is 42.5 Å². The molecule has 210 valence electrons. The number of rotatable bonds is 10. The van der Waals surface area contributed by atoms with Crippen molar-refractivity contribution < 1.29 is 32.4 Å². The van der Waals surface area contributed by atoms with E-state index in [2.05, 4.69) is 9.97 Å². The van der Waals surface area contributed by atoms with Gasteiger partial charge in [-0.2, -0.15) is 4.98 Å². The van der Waals surface area contributed by atoms with Gasteiger partial charge in [-0.1, -0.05) is 30.3 Å². The van der Waals surface area contributed by atoms with E-state index >= 15 is 0 Å². The number of amides is 1. The molecule has 0 saturated carbocycles. The molecule has 12 heteroatoms. The minimum Gasteiger partial charge on any atom is -0.609 e. The number of carbonyl (C=O) groups excluding carboxylic acids is 2. The summed E-state index contributed by atoms with van der Waals surface area (Å²) >= 11 is -1.87. The van der Waals surface area contributed by atoms with Gasteiger partial charge in [0.15, 0.2) is 12.4 Å². The minimum atomic E-state index is -3.02. The molecule has 2 aromatic carbocycles. The highest BCUT2D eigenvalue weighted by Gasteiger charge is 2.31. The van der Waals surface area contributed by atoms with E-state index in [1.165, 1.54) is 28.7 Å². The zero-order valence-electron chi connectivity index (χ0n) is 22.2. The van der Waals surface area contributed by atoms with Gasteiger partial charge in [0.1, 0.15) is 12.4 Å². The van der Waals surface area contributed by atoms with Crippen LogP contribution in [-0.2, 0) is 26.5 Å². The molecule has 0 aliphatic heterocycles. The number of hydrogen-bond acceptors (Lipinski definition) is 7. The number of carbonyl (C=O) groups is 2. The average molecular weight is 571 g/mol. The number of esters is 1. The lowest BCUT2D eigenvalue weighted by Gasteiger charge is -2.24. The van der Waals surface area contributed by atoms with Gasteiger partial charge in [0.2, 0.25) is 0 Å². The van der Waals surface area contributed by atoms with Crippen LogP contribution in [0.5, 0.6) is 5.75 Å². The van der Waals surface area contributed by atoms with Crippen LogP contribution < -0.4 is 9.64 Å². The van der Waals surface area contributed by atoms with Crippen LogP contribution in [0.4, 0.5) is 19.3 Å². The quantitative estimate of drug-likeness (QED) is 0.192. The number of fused-ring (bicyclic) bond motifs is 1.